The summed E-state index contributed by atoms with van der Waals surface area (Å²) in [6.07, 6.45) is 1.72. The van der Waals surface area contributed by atoms with E-state index in [1.165, 1.54) is 16.4 Å². The maximum atomic E-state index is 12.8. The van der Waals surface area contributed by atoms with E-state index >= 15 is 0 Å². The average molecular weight is 473 g/mol. The summed E-state index contributed by atoms with van der Waals surface area (Å²) in [5, 5.41) is 3.02. The maximum Gasteiger partial charge on any atom is 0.338 e. The third-order valence-electron chi connectivity index (χ3n) is 5.66. The van der Waals surface area contributed by atoms with E-state index in [2.05, 4.69) is 12.2 Å². The number of hydrogen-bond donors (Lipinski definition) is 1. The first kappa shape index (κ1) is 24.9. The lowest BCUT2D eigenvalue weighted by molar-refractivity contribution is 0.0459. The molecule has 0 spiro atoms. The van der Waals surface area contributed by atoms with Crippen molar-refractivity contribution in [3.63, 3.8) is 0 Å². The van der Waals surface area contributed by atoms with Crippen LogP contribution in [-0.2, 0) is 14.8 Å². The van der Waals surface area contributed by atoms with Crippen LogP contribution in [0.25, 0.3) is 0 Å². The number of hydrogen-bond acceptors (Lipinski definition) is 6. The standard InChI is InChI=1S/C25H32N2O5S/c1-18(2)17-32-25(29)21-5-4-6-22(15-21)26-16-24(28)20-7-9-23(10-8-20)33(30,31)27-13-11-19(3)12-14-27/h4-10,15,18-19,26H,11-14,16-17H2,1-3H3. The van der Waals surface area contributed by atoms with Crippen molar-refractivity contribution in [2.45, 2.75) is 38.5 Å². The third kappa shape index (κ3) is 6.65. The van der Waals surface area contributed by atoms with E-state index < -0.39 is 16.0 Å². The van der Waals surface area contributed by atoms with Crippen molar-refractivity contribution in [3.05, 3.63) is 59.7 Å². The minimum Gasteiger partial charge on any atom is -0.462 e. The van der Waals surface area contributed by atoms with Crippen LogP contribution in [0.3, 0.4) is 0 Å². The fraction of sp³-hybridized carbons (Fsp3) is 0.440. The lowest BCUT2D eigenvalue weighted by Gasteiger charge is -2.29. The smallest absolute Gasteiger partial charge is 0.338 e. The predicted molar refractivity (Wildman–Crippen MR) is 128 cm³/mol. The number of carbonyl (C=O) groups excluding carboxylic acids is 2. The Kier molecular flexibility index (Phi) is 8.26. The molecule has 1 aliphatic rings. The van der Waals surface area contributed by atoms with Gasteiger partial charge in [0.2, 0.25) is 10.0 Å². The van der Waals surface area contributed by atoms with Crippen LogP contribution < -0.4 is 5.32 Å². The number of piperidine rings is 1. The monoisotopic (exact) mass is 472 g/mol. The van der Waals surface area contributed by atoms with E-state index in [1.54, 1.807) is 36.4 Å². The topological polar surface area (TPSA) is 92.8 Å². The summed E-state index contributed by atoms with van der Waals surface area (Å²) in [5.74, 6) is 0.199. The number of nitrogens with zero attached hydrogens (tertiary/aromatic N) is 1. The molecule has 1 aliphatic heterocycles. The van der Waals surface area contributed by atoms with Gasteiger partial charge in [-0.1, -0.05) is 26.8 Å². The molecular weight excluding hydrogens is 440 g/mol. The highest BCUT2D eigenvalue weighted by Gasteiger charge is 2.28. The minimum atomic E-state index is -3.54. The third-order valence-corrected chi connectivity index (χ3v) is 7.57. The molecule has 0 unspecified atom stereocenters. The molecule has 0 bridgehead atoms. The molecule has 33 heavy (non-hydrogen) atoms. The zero-order valence-corrected chi connectivity index (χ0v) is 20.2. The van der Waals surface area contributed by atoms with Crippen molar-refractivity contribution in [1.29, 1.82) is 0 Å². The van der Waals surface area contributed by atoms with Gasteiger partial charge in [0.05, 0.1) is 23.6 Å². The molecule has 1 N–H and O–H groups in total. The van der Waals surface area contributed by atoms with Gasteiger partial charge >= 0.3 is 5.97 Å². The van der Waals surface area contributed by atoms with E-state index in [9.17, 15) is 18.0 Å². The molecule has 2 aromatic carbocycles. The number of rotatable bonds is 9. The van der Waals surface area contributed by atoms with Gasteiger partial charge in [0, 0.05) is 24.3 Å². The van der Waals surface area contributed by atoms with Gasteiger partial charge in [-0.15, -0.1) is 0 Å². The summed E-state index contributed by atoms with van der Waals surface area (Å²) in [5.41, 5.74) is 1.46. The highest BCUT2D eigenvalue weighted by atomic mass is 32.2. The summed E-state index contributed by atoms with van der Waals surface area (Å²) in [6.45, 7) is 7.47. The fourth-order valence-electron chi connectivity index (χ4n) is 3.55. The number of ether oxygens (including phenoxy) is 1. The molecule has 1 saturated heterocycles. The van der Waals surface area contributed by atoms with Crippen LogP contribution in [0.1, 0.15) is 54.3 Å². The molecule has 178 valence electrons. The van der Waals surface area contributed by atoms with E-state index in [0.29, 0.717) is 42.4 Å². The number of anilines is 1. The second kappa shape index (κ2) is 10.9. The van der Waals surface area contributed by atoms with E-state index in [-0.39, 0.29) is 23.1 Å². The number of carbonyl (C=O) groups is 2. The second-order valence-electron chi connectivity index (χ2n) is 8.96. The number of esters is 1. The average Bonchev–Trinajstić information content (AvgIpc) is 2.81. The molecule has 0 amide bonds. The van der Waals surface area contributed by atoms with Crippen LogP contribution in [0, 0.1) is 11.8 Å². The van der Waals surface area contributed by atoms with Gasteiger partial charge in [-0.2, -0.15) is 4.31 Å². The quantitative estimate of drug-likeness (QED) is 0.434. The molecular formula is C25H32N2O5S. The summed E-state index contributed by atoms with van der Waals surface area (Å²) in [4.78, 5) is 24.9. The van der Waals surface area contributed by atoms with Crippen LogP contribution >= 0.6 is 0 Å². The predicted octanol–water partition coefficient (Wildman–Crippen LogP) is 4.21. The van der Waals surface area contributed by atoms with Crippen LogP contribution in [-0.4, -0.2) is 50.7 Å². The second-order valence-corrected chi connectivity index (χ2v) is 10.9. The van der Waals surface area contributed by atoms with Gasteiger partial charge in [-0.25, -0.2) is 13.2 Å². The Labute approximate surface area is 196 Å². The molecule has 1 fully saturated rings. The van der Waals surface area contributed by atoms with Gasteiger partial charge in [0.25, 0.3) is 0 Å². The first-order chi connectivity index (χ1) is 15.7. The van der Waals surface area contributed by atoms with E-state index in [1.807, 2.05) is 13.8 Å². The van der Waals surface area contributed by atoms with Crippen molar-refractivity contribution in [2.75, 3.05) is 31.6 Å². The Morgan fingerprint density at radius 1 is 1.06 bits per heavy atom. The van der Waals surface area contributed by atoms with Crippen LogP contribution in [0.4, 0.5) is 5.69 Å². The zero-order valence-electron chi connectivity index (χ0n) is 19.4. The summed E-state index contributed by atoms with van der Waals surface area (Å²) < 4.78 is 32.5. The lowest BCUT2D eigenvalue weighted by atomic mass is 10.0. The summed E-state index contributed by atoms with van der Waals surface area (Å²) in [6, 6.07) is 12.9. The molecule has 2 aromatic rings. The number of sulfonamides is 1. The number of nitrogens with one attached hydrogen (secondary N) is 1. The molecule has 8 heteroatoms. The first-order valence-corrected chi connectivity index (χ1v) is 12.8. The maximum absolute atomic E-state index is 12.8. The number of benzene rings is 2. The molecule has 0 aliphatic carbocycles. The molecule has 7 nitrogen and oxygen atoms in total. The Morgan fingerprint density at radius 2 is 1.73 bits per heavy atom. The summed E-state index contributed by atoms with van der Waals surface area (Å²) in [7, 11) is -3.54. The van der Waals surface area contributed by atoms with Crippen LogP contribution in [0.2, 0.25) is 0 Å². The van der Waals surface area contributed by atoms with Crippen molar-refractivity contribution in [1.82, 2.24) is 4.31 Å². The first-order valence-electron chi connectivity index (χ1n) is 11.3. The van der Waals surface area contributed by atoms with E-state index in [0.717, 1.165) is 12.8 Å². The molecule has 0 aromatic heterocycles. The number of ketones is 1. The highest BCUT2D eigenvalue weighted by Crippen LogP contribution is 2.23. The van der Waals surface area contributed by atoms with Gasteiger partial charge in [-0.3, -0.25) is 4.79 Å². The fourth-order valence-corrected chi connectivity index (χ4v) is 5.02. The molecule has 3 rings (SSSR count). The summed E-state index contributed by atoms with van der Waals surface area (Å²) >= 11 is 0. The Morgan fingerprint density at radius 3 is 2.36 bits per heavy atom. The molecule has 0 atom stereocenters. The normalized spacial score (nSPS) is 15.4. The van der Waals surface area contributed by atoms with Gasteiger partial charge < -0.3 is 10.1 Å². The molecule has 0 radical (unpaired) electrons. The Hall–Kier alpha value is -2.71. The Bertz CT molecular complexity index is 1070. The minimum absolute atomic E-state index is 0.0145. The van der Waals surface area contributed by atoms with Gasteiger partial charge in [-0.05, 0) is 67.1 Å². The van der Waals surface area contributed by atoms with Crippen LogP contribution in [0.15, 0.2) is 53.4 Å². The molecule has 1 heterocycles. The van der Waals surface area contributed by atoms with Crippen molar-refractivity contribution < 1.29 is 22.7 Å². The molecule has 0 saturated carbocycles. The van der Waals surface area contributed by atoms with Crippen LogP contribution in [0.5, 0.6) is 0 Å². The highest BCUT2D eigenvalue weighted by molar-refractivity contribution is 7.89. The Balaban J connectivity index is 1.59. The van der Waals surface area contributed by atoms with Crippen molar-refractivity contribution >= 4 is 27.5 Å². The SMILES string of the molecule is CC(C)COC(=O)c1cccc(NCC(=O)c2ccc(S(=O)(=O)N3CCC(C)CC3)cc2)c1. The van der Waals surface area contributed by atoms with Crippen molar-refractivity contribution in [2.24, 2.45) is 11.8 Å². The number of Topliss-reactive ketones (excluding diaryl/α,β-unsaturated/α-hetero) is 1. The van der Waals surface area contributed by atoms with Gasteiger partial charge in [0.1, 0.15) is 0 Å². The largest absolute Gasteiger partial charge is 0.462 e. The van der Waals surface area contributed by atoms with E-state index in [4.69, 9.17) is 4.74 Å². The van der Waals surface area contributed by atoms with Crippen molar-refractivity contribution in [3.8, 4) is 0 Å². The van der Waals surface area contributed by atoms with Gasteiger partial charge in [0.15, 0.2) is 5.78 Å². The lowest BCUT2D eigenvalue weighted by Crippen LogP contribution is -2.37. The zero-order chi connectivity index (χ0) is 24.0.